The lowest BCUT2D eigenvalue weighted by Crippen LogP contribution is -2.41. The first-order valence-electron chi connectivity index (χ1n) is 13.1. The summed E-state index contributed by atoms with van der Waals surface area (Å²) in [4.78, 5) is 0. The molecular formula is C30H28F8O3. The summed E-state index contributed by atoms with van der Waals surface area (Å²) in [7, 11) is 0. The van der Waals surface area contributed by atoms with Crippen molar-refractivity contribution in [2.75, 3.05) is 13.2 Å². The van der Waals surface area contributed by atoms with Crippen molar-refractivity contribution in [2.45, 2.75) is 64.0 Å². The van der Waals surface area contributed by atoms with Gasteiger partial charge in [0.05, 0.1) is 13.2 Å². The molecule has 0 aliphatic carbocycles. The highest BCUT2D eigenvalue weighted by Crippen LogP contribution is 2.37. The summed E-state index contributed by atoms with van der Waals surface area (Å²) in [6.07, 6.45) is -4.82. The largest absolute Gasteiger partial charge is 0.429 e. The highest BCUT2D eigenvalue weighted by atomic mass is 19.3. The number of benzene rings is 3. The van der Waals surface area contributed by atoms with Crippen LogP contribution in [0.4, 0.5) is 35.1 Å². The van der Waals surface area contributed by atoms with Crippen LogP contribution in [0.3, 0.4) is 0 Å². The molecule has 0 radical (unpaired) electrons. The van der Waals surface area contributed by atoms with Gasteiger partial charge in [0.15, 0.2) is 35.2 Å². The minimum absolute atomic E-state index is 0.0499. The lowest BCUT2D eigenvalue weighted by molar-refractivity contribution is -0.239. The molecule has 11 heteroatoms. The Morgan fingerprint density at radius 2 is 1.41 bits per heavy atom. The molecule has 0 spiro atoms. The van der Waals surface area contributed by atoms with Crippen molar-refractivity contribution in [3.63, 3.8) is 0 Å². The molecular weight excluding hydrogens is 560 g/mol. The molecule has 0 bridgehead atoms. The first kappa shape index (κ1) is 30.8. The zero-order valence-electron chi connectivity index (χ0n) is 22.3. The SMILES string of the molecule is CCCC1(F)COC(c2ccc(CCc3ccc(OC(F)(F)c4ccc(CC)c(F)c4F)c(F)c3F)c(F)c2)OC1. The van der Waals surface area contributed by atoms with Crippen molar-refractivity contribution in [1.82, 2.24) is 0 Å². The number of hydrogen-bond donors (Lipinski definition) is 0. The number of alkyl halides is 3. The quantitative estimate of drug-likeness (QED) is 0.223. The van der Waals surface area contributed by atoms with Crippen LogP contribution < -0.4 is 4.74 Å². The average Bonchev–Trinajstić information content (AvgIpc) is 2.93. The average molecular weight is 589 g/mol. The van der Waals surface area contributed by atoms with E-state index in [4.69, 9.17) is 9.47 Å². The Bertz CT molecular complexity index is 1390. The predicted molar refractivity (Wildman–Crippen MR) is 134 cm³/mol. The molecule has 1 saturated heterocycles. The van der Waals surface area contributed by atoms with Crippen LogP contribution in [0, 0.1) is 29.1 Å². The fourth-order valence-electron chi connectivity index (χ4n) is 4.63. The minimum Gasteiger partial charge on any atom is -0.426 e. The van der Waals surface area contributed by atoms with Gasteiger partial charge in [-0.15, -0.1) is 0 Å². The number of ether oxygens (including phenoxy) is 3. The summed E-state index contributed by atoms with van der Waals surface area (Å²) in [5.74, 6) is -8.49. The number of rotatable bonds is 10. The van der Waals surface area contributed by atoms with Gasteiger partial charge in [0.2, 0.25) is 5.82 Å². The van der Waals surface area contributed by atoms with Gasteiger partial charge < -0.3 is 14.2 Å². The molecule has 0 unspecified atom stereocenters. The van der Waals surface area contributed by atoms with E-state index >= 15 is 0 Å². The van der Waals surface area contributed by atoms with Gasteiger partial charge >= 0.3 is 6.11 Å². The second-order valence-corrected chi connectivity index (χ2v) is 9.93. The highest BCUT2D eigenvalue weighted by Gasteiger charge is 2.40. The molecule has 3 aromatic rings. The number of halogens is 8. The Kier molecular flexibility index (Phi) is 9.28. The van der Waals surface area contributed by atoms with E-state index < -0.39 is 58.5 Å². The van der Waals surface area contributed by atoms with Gasteiger partial charge in [-0.1, -0.05) is 44.5 Å². The van der Waals surface area contributed by atoms with Crippen LogP contribution in [0.5, 0.6) is 5.75 Å². The van der Waals surface area contributed by atoms with E-state index in [1.54, 1.807) is 0 Å². The van der Waals surface area contributed by atoms with E-state index in [0.29, 0.717) is 18.1 Å². The van der Waals surface area contributed by atoms with Crippen LogP contribution in [-0.2, 0) is 34.8 Å². The molecule has 222 valence electrons. The summed E-state index contributed by atoms with van der Waals surface area (Å²) in [6, 6.07) is 7.36. The summed E-state index contributed by atoms with van der Waals surface area (Å²) < 4.78 is 131. The standard InChI is InChI=1S/C30H28F8O3/c1-3-13-29(36)15-39-28(40-16-29)20-8-6-18(22(31)14-20)5-7-19-10-12-23(27(35)25(19)33)41-30(37,38)21-11-9-17(4-2)24(32)26(21)34/h6,8-12,14,28H,3-5,7,13,15-16H2,1-2H3. The maximum absolute atomic E-state index is 14.8. The third kappa shape index (κ3) is 6.67. The van der Waals surface area contributed by atoms with Gasteiger partial charge in [0.1, 0.15) is 11.4 Å². The van der Waals surface area contributed by atoms with Gasteiger partial charge in [-0.3, -0.25) is 0 Å². The summed E-state index contributed by atoms with van der Waals surface area (Å²) in [6.45, 7) is 2.95. The van der Waals surface area contributed by atoms with Gasteiger partial charge in [0.25, 0.3) is 0 Å². The Labute approximate surface area is 232 Å². The Morgan fingerprint density at radius 3 is 2.05 bits per heavy atom. The first-order chi connectivity index (χ1) is 19.4. The minimum atomic E-state index is -4.51. The number of aryl methyl sites for hydroxylation is 3. The van der Waals surface area contributed by atoms with Crippen molar-refractivity contribution in [3.05, 3.63) is 99.4 Å². The molecule has 1 heterocycles. The second kappa shape index (κ2) is 12.4. The van der Waals surface area contributed by atoms with E-state index in [-0.39, 0.29) is 55.6 Å². The smallest absolute Gasteiger partial charge is 0.426 e. The van der Waals surface area contributed by atoms with E-state index in [0.717, 1.165) is 24.3 Å². The van der Waals surface area contributed by atoms with Crippen LogP contribution in [0.1, 0.15) is 60.8 Å². The Balaban J connectivity index is 1.43. The van der Waals surface area contributed by atoms with E-state index in [1.165, 1.54) is 19.1 Å². The van der Waals surface area contributed by atoms with Crippen molar-refractivity contribution >= 4 is 0 Å². The molecule has 1 aliphatic heterocycles. The predicted octanol–water partition coefficient (Wildman–Crippen LogP) is 8.41. The van der Waals surface area contributed by atoms with Crippen LogP contribution in [-0.4, -0.2) is 18.9 Å². The molecule has 3 aromatic carbocycles. The summed E-state index contributed by atoms with van der Waals surface area (Å²) >= 11 is 0. The lowest BCUT2D eigenvalue weighted by Gasteiger charge is -2.34. The molecule has 0 amide bonds. The molecule has 0 aromatic heterocycles. The summed E-state index contributed by atoms with van der Waals surface area (Å²) in [5.41, 5.74) is -2.99. The normalized spacial score (nSPS) is 19.4. The monoisotopic (exact) mass is 588 g/mol. The molecule has 0 saturated carbocycles. The maximum atomic E-state index is 14.8. The van der Waals surface area contributed by atoms with Crippen LogP contribution in [0.15, 0.2) is 42.5 Å². The third-order valence-corrected chi connectivity index (χ3v) is 6.92. The zero-order valence-corrected chi connectivity index (χ0v) is 22.3. The molecule has 41 heavy (non-hydrogen) atoms. The Morgan fingerprint density at radius 1 is 0.805 bits per heavy atom. The van der Waals surface area contributed by atoms with E-state index in [2.05, 4.69) is 4.74 Å². The van der Waals surface area contributed by atoms with Crippen molar-refractivity contribution in [2.24, 2.45) is 0 Å². The van der Waals surface area contributed by atoms with Gasteiger partial charge in [-0.25, -0.2) is 22.0 Å². The van der Waals surface area contributed by atoms with Gasteiger partial charge in [0, 0.05) is 5.56 Å². The van der Waals surface area contributed by atoms with Crippen LogP contribution in [0.2, 0.25) is 0 Å². The molecule has 0 N–H and O–H groups in total. The highest BCUT2D eigenvalue weighted by molar-refractivity contribution is 5.35. The van der Waals surface area contributed by atoms with Gasteiger partial charge in [-0.05, 0) is 60.6 Å². The summed E-state index contributed by atoms with van der Waals surface area (Å²) in [5, 5.41) is 0. The molecule has 0 atom stereocenters. The number of hydrogen-bond acceptors (Lipinski definition) is 3. The second-order valence-electron chi connectivity index (χ2n) is 9.93. The van der Waals surface area contributed by atoms with Crippen molar-refractivity contribution in [3.8, 4) is 5.75 Å². The zero-order chi connectivity index (χ0) is 29.9. The van der Waals surface area contributed by atoms with Gasteiger partial charge in [-0.2, -0.15) is 13.2 Å². The first-order valence-corrected chi connectivity index (χ1v) is 13.1. The topological polar surface area (TPSA) is 27.7 Å². The third-order valence-electron chi connectivity index (χ3n) is 6.92. The van der Waals surface area contributed by atoms with Crippen LogP contribution in [0.25, 0.3) is 0 Å². The molecule has 3 nitrogen and oxygen atoms in total. The van der Waals surface area contributed by atoms with Crippen molar-refractivity contribution in [1.29, 1.82) is 0 Å². The van der Waals surface area contributed by atoms with Crippen LogP contribution >= 0.6 is 0 Å². The fraction of sp³-hybridized carbons (Fsp3) is 0.400. The van der Waals surface area contributed by atoms with Crippen molar-refractivity contribution < 1.29 is 49.3 Å². The lowest BCUT2D eigenvalue weighted by atomic mass is 10.00. The van der Waals surface area contributed by atoms with E-state index in [9.17, 15) is 35.1 Å². The maximum Gasteiger partial charge on any atom is 0.429 e. The van der Waals surface area contributed by atoms with E-state index in [1.807, 2.05) is 6.92 Å². The molecule has 1 fully saturated rings. The fourth-order valence-corrected chi connectivity index (χ4v) is 4.63. The molecule has 4 rings (SSSR count). The Hall–Kier alpha value is -3.18. The molecule has 1 aliphatic rings.